The third kappa shape index (κ3) is 1.74. The molecule has 14 heavy (non-hydrogen) atoms. The second-order valence-electron chi connectivity index (χ2n) is 3.79. The van der Waals surface area contributed by atoms with Crippen molar-refractivity contribution in [1.29, 1.82) is 0 Å². The molecule has 0 aliphatic carbocycles. The van der Waals surface area contributed by atoms with E-state index in [2.05, 4.69) is 4.99 Å². The molecule has 2 heterocycles. The molecule has 0 N–H and O–H groups in total. The first-order valence-electron chi connectivity index (χ1n) is 5.23. The molecule has 0 aromatic rings. The van der Waals surface area contributed by atoms with Crippen LogP contribution in [0.5, 0.6) is 0 Å². The number of carbonyl (C=O) groups is 1. The summed E-state index contributed by atoms with van der Waals surface area (Å²) in [5.74, 6) is 0.910. The Morgan fingerprint density at radius 1 is 1.57 bits per heavy atom. The molecule has 2 aliphatic heterocycles. The first-order valence-corrected chi connectivity index (χ1v) is 5.23. The van der Waals surface area contributed by atoms with Crippen LogP contribution in [0.4, 0.5) is 0 Å². The van der Waals surface area contributed by atoms with Crippen molar-refractivity contribution in [3.8, 4) is 0 Å². The van der Waals surface area contributed by atoms with E-state index in [1.165, 1.54) is 0 Å². The lowest BCUT2D eigenvalue weighted by Crippen LogP contribution is -2.41. The molecule has 1 atom stereocenters. The third-order valence-electron chi connectivity index (χ3n) is 2.76. The molecule has 0 radical (unpaired) electrons. The molecule has 0 saturated carbocycles. The molecular formula is C10H16N2O2. The summed E-state index contributed by atoms with van der Waals surface area (Å²) in [5, 5.41) is 0. The normalized spacial score (nSPS) is 27.1. The zero-order chi connectivity index (χ0) is 9.97. The molecular weight excluding hydrogens is 180 g/mol. The standard InChI is InChI=1S/C10H16N2O2/c1-8(13)12-6-2-4-9(12)10-11-5-3-7-14-10/h9H,2-7H2,1H3/t9-/m0/s1. The Bertz CT molecular complexity index is 263. The van der Waals surface area contributed by atoms with Gasteiger partial charge in [0.2, 0.25) is 11.8 Å². The van der Waals surface area contributed by atoms with Crippen molar-refractivity contribution in [3.05, 3.63) is 0 Å². The van der Waals surface area contributed by atoms with E-state index in [4.69, 9.17) is 4.74 Å². The van der Waals surface area contributed by atoms with Crippen LogP contribution in [0.25, 0.3) is 0 Å². The average molecular weight is 196 g/mol. The van der Waals surface area contributed by atoms with Crippen LogP contribution >= 0.6 is 0 Å². The fraction of sp³-hybridized carbons (Fsp3) is 0.800. The smallest absolute Gasteiger partial charge is 0.220 e. The van der Waals surface area contributed by atoms with Gasteiger partial charge >= 0.3 is 0 Å². The van der Waals surface area contributed by atoms with Crippen molar-refractivity contribution in [3.63, 3.8) is 0 Å². The number of amides is 1. The minimum absolute atomic E-state index is 0.118. The van der Waals surface area contributed by atoms with Crippen molar-refractivity contribution in [2.75, 3.05) is 19.7 Å². The Balaban J connectivity index is 2.08. The molecule has 0 spiro atoms. The maximum atomic E-state index is 11.3. The maximum Gasteiger partial charge on any atom is 0.220 e. The second-order valence-corrected chi connectivity index (χ2v) is 3.79. The SMILES string of the molecule is CC(=O)N1CCC[C@H]1C1=NCCCO1. The number of rotatable bonds is 1. The Labute approximate surface area is 83.9 Å². The predicted molar refractivity (Wildman–Crippen MR) is 53.3 cm³/mol. The highest BCUT2D eigenvalue weighted by Gasteiger charge is 2.32. The minimum Gasteiger partial charge on any atom is -0.479 e. The average Bonchev–Trinajstić information content (AvgIpc) is 2.67. The highest BCUT2D eigenvalue weighted by Crippen LogP contribution is 2.20. The van der Waals surface area contributed by atoms with Crippen LogP contribution in [0, 0.1) is 0 Å². The second kappa shape index (κ2) is 3.98. The maximum absolute atomic E-state index is 11.3. The molecule has 78 valence electrons. The molecule has 1 fully saturated rings. The summed E-state index contributed by atoms with van der Waals surface area (Å²) in [5.41, 5.74) is 0. The van der Waals surface area contributed by atoms with Gasteiger partial charge in [0, 0.05) is 26.4 Å². The molecule has 4 heteroatoms. The zero-order valence-electron chi connectivity index (χ0n) is 8.53. The lowest BCUT2D eigenvalue weighted by Gasteiger charge is -2.26. The van der Waals surface area contributed by atoms with Crippen molar-refractivity contribution in [2.24, 2.45) is 4.99 Å². The first-order chi connectivity index (χ1) is 6.79. The van der Waals surface area contributed by atoms with E-state index in [9.17, 15) is 4.79 Å². The number of hydrogen-bond donors (Lipinski definition) is 0. The summed E-state index contributed by atoms with van der Waals surface area (Å²) in [7, 11) is 0. The van der Waals surface area contributed by atoms with Crippen LogP contribution in [0.1, 0.15) is 26.2 Å². The van der Waals surface area contributed by atoms with Gasteiger partial charge in [0.1, 0.15) is 6.04 Å². The summed E-state index contributed by atoms with van der Waals surface area (Å²) in [6.07, 6.45) is 3.06. The van der Waals surface area contributed by atoms with Gasteiger partial charge in [-0.1, -0.05) is 0 Å². The Morgan fingerprint density at radius 3 is 3.07 bits per heavy atom. The van der Waals surface area contributed by atoms with Crippen molar-refractivity contribution in [2.45, 2.75) is 32.2 Å². The van der Waals surface area contributed by atoms with Crippen LogP contribution in [0.15, 0.2) is 4.99 Å². The molecule has 2 aliphatic rings. The molecule has 4 nitrogen and oxygen atoms in total. The summed E-state index contributed by atoms with van der Waals surface area (Å²) in [6.45, 7) is 4.06. The van der Waals surface area contributed by atoms with E-state index >= 15 is 0 Å². The lowest BCUT2D eigenvalue weighted by atomic mass is 10.2. The van der Waals surface area contributed by atoms with Gasteiger partial charge < -0.3 is 9.64 Å². The molecule has 0 aromatic carbocycles. The van der Waals surface area contributed by atoms with Crippen LogP contribution in [0.3, 0.4) is 0 Å². The first kappa shape index (κ1) is 9.49. The minimum atomic E-state index is 0.118. The highest BCUT2D eigenvalue weighted by molar-refractivity contribution is 5.87. The van der Waals surface area contributed by atoms with E-state index in [0.29, 0.717) is 0 Å². The molecule has 2 rings (SSSR count). The van der Waals surface area contributed by atoms with E-state index in [-0.39, 0.29) is 11.9 Å². The van der Waals surface area contributed by atoms with Crippen LogP contribution in [0.2, 0.25) is 0 Å². The number of nitrogens with zero attached hydrogens (tertiary/aromatic N) is 2. The van der Waals surface area contributed by atoms with Gasteiger partial charge in [-0.05, 0) is 12.8 Å². The van der Waals surface area contributed by atoms with Gasteiger partial charge in [-0.25, -0.2) is 0 Å². The van der Waals surface area contributed by atoms with Crippen molar-refractivity contribution < 1.29 is 9.53 Å². The third-order valence-corrected chi connectivity index (χ3v) is 2.76. The predicted octanol–water partition coefficient (Wildman–Crippen LogP) is 0.816. The monoisotopic (exact) mass is 196 g/mol. The Hall–Kier alpha value is -1.06. The molecule has 0 aromatic heterocycles. The van der Waals surface area contributed by atoms with Gasteiger partial charge in [0.05, 0.1) is 6.61 Å². The number of likely N-dealkylation sites (tertiary alicyclic amines) is 1. The van der Waals surface area contributed by atoms with Gasteiger partial charge in [0.15, 0.2) is 0 Å². The highest BCUT2D eigenvalue weighted by atomic mass is 16.5. The molecule has 0 bridgehead atoms. The van der Waals surface area contributed by atoms with Crippen molar-refractivity contribution in [1.82, 2.24) is 4.90 Å². The van der Waals surface area contributed by atoms with E-state index in [0.717, 1.165) is 44.9 Å². The number of ether oxygens (including phenoxy) is 1. The van der Waals surface area contributed by atoms with E-state index in [1.54, 1.807) is 6.92 Å². The fourth-order valence-electron chi connectivity index (χ4n) is 2.08. The quantitative estimate of drug-likeness (QED) is 0.623. The lowest BCUT2D eigenvalue weighted by molar-refractivity contribution is -0.128. The van der Waals surface area contributed by atoms with Crippen LogP contribution in [-0.2, 0) is 9.53 Å². The summed E-state index contributed by atoms with van der Waals surface area (Å²) < 4.78 is 5.50. The van der Waals surface area contributed by atoms with Gasteiger partial charge in [-0.3, -0.25) is 9.79 Å². The van der Waals surface area contributed by atoms with Crippen LogP contribution < -0.4 is 0 Å². The van der Waals surface area contributed by atoms with Gasteiger partial charge in [0.25, 0.3) is 0 Å². The largest absolute Gasteiger partial charge is 0.479 e. The number of carbonyl (C=O) groups excluding carboxylic acids is 1. The van der Waals surface area contributed by atoms with E-state index in [1.807, 2.05) is 4.90 Å². The van der Waals surface area contributed by atoms with Crippen LogP contribution in [-0.4, -0.2) is 42.4 Å². The Kier molecular flexibility index (Phi) is 2.70. The molecule has 1 saturated heterocycles. The van der Waals surface area contributed by atoms with Crippen molar-refractivity contribution >= 4 is 11.8 Å². The summed E-state index contributed by atoms with van der Waals surface area (Å²) in [4.78, 5) is 17.5. The summed E-state index contributed by atoms with van der Waals surface area (Å²) >= 11 is 0. The molecule has 0 unspecified atom stereocenters. The van der Waals surface area contributed by atoms with Gasteiger partial charge in [-0.15, -0.1) is 0 Å². The number of aliphatic imine (C=N–C) groups is 1. The van der Waals surface area contributed by atoms with Gasteiger partial charge in [-0.2, -0.15) is 0 Å². The number of hydrogen-bond acceptors (Lipinski definition) is 3. The topological polar surface area (TPSA) is 41.9 Å². The fourth-order valence-corrected chi connectivity index (χ4v) is 2.08. The summed E-state index contributed by atoms with van der Waals surface area (Å²) in [6, 6.07) is 0.118. The molecule has 1 amide bonds. The zero-order valence-corrected chi connectivity index (χ0v) is 8.53. The Morgan fingerprint density at radius 2 is 2.43 bits per heavy atom. The van der Waals surface area contributed by atoms with E-state index < -0.39 is 0 Å².